The zero-order chi connectivity index (χ0) is 23.2. The van der Waals surface area contributed by atoms with Crippen LogP contribution < -0.4 is 10.2 Å². The predicted octanol–water partition coefficient (Wildman–Crippen LogP) is 4.17. The maximum atomic E-state index is 12.9. The molecule has 0 atom stereocenters. The van der Waals surface area contributed by atoms with Crippen molar-refractivity contribution in [3.05, 3.63) is 89.2 Å². The maximum absolute atomic E-state index is 12.9. The van der Waals surface area contributed by atoms with E-state index in [0.717, 1.165) is 16.9 Å². The van der Waals surface area contributed by atoms with Crippen molar-refractivity contribution in [1.82, 2.24) is 20.1 Å². The van der Waals surface area contributed by atoms with Gasteiger partial charge in [-0.25, -0.2) is 4.79 Å². The highest BCUT2D eigenvalue weighted by Crippen LogP contribution is 2.23. The molecule has 1 fully saturated rings. The van der Waals surface area contributed by atoms with E-state index in [4.69, 9.17) is 11.6 Å². The minimum absolute atomic E-state index is 0.0239. The lowest BCUT2D eigenvalue weighted by molar-refractivity contribution is 0.0665. The number of benzene rings is 2. The summed E-state index contributed by atoms with van der Waals surface area (Å²) in [6.45, 7) is 2.35. The van der Waals surface area contributed by atoms with Gasteiger partial charge in [-0.3, -0.25) is 9.78 Å². The van der Waals surface area contributed by atoms with E-state index in [1.54, 1.807) is 28.3 Å². The molecule has 0 radical (unpaired) electrons. The van der Waals surface area contributed by atoms with Gasteiger partial charge in [-0.15, -0.1) is 0 Å². The number of carbonyl (C=O) groups excluding carboxylic acids is 2. The summed E-state index contributed by atoms with van der Waals surface area (Å²) in [7, 11) is 1.97. The number of rotatable bonds is 5. The van der Waals surface area contributed by atoms with Gasteiger partial charge >= 0.3 is 6.03 Å². The molecule has 8 heteroatoms. The van der Waals surface area contributed by atoms with E-state index >= 15 is 0 Å². The monoisotopic (exact) mass is 463 g/mol. The average molecular weight is 464 g/mol. The Bertz CT molecular complexity index is 1100. The number of anilines is 2. The number of hydrogen-bond donors (Lipinski definition) is 1. The van der Waals surface area contributed by atoms with Crippen molar-refractivity contribution < 1.29 is 9.59 Å². The lowest BCUT2D eigenvalue weighted by Crippen LogP contribution is -2.53. The van der Waals surface area contributed by atoms with Gasteiger partial charge in [0.15, 0.2) is 0 Å². The first-order valence-corrected chi connectivity index (χ1v) is 11.2. The minimum Gasteiger partial charge on any atom is -0.345 e. The first-order valence-electron chi connectivity index (χ1n) is 10.8. The third kappa shape index (κ3) is 5.43. The zero-order valence-electron chi connectivity index (χ0n) is 18.4. The summed E-state index contributed by atoms with van der Waals surface area (Å²) in [5, 5.41) is 3.54. The van der Waals surface area contributed by atoms with Crippen molar-refractivity contribution in [3.63, 3.8) is 0 Å². The summed E-state index contributed by atoms with van der Waals surface area (Å²) in [6.07, 6.45) is 3.50. The van der Waals surface area contributed by atoms with Crippen LogP contribution in [0.2, 0.25) is 5.02 Å². The quantitative estimate of drug-likeness (QED) is 0.616. The summed E-state index contributed by atoms with van der Waals surface area (Å²) < 4.78 is 0. The van der Waals surface area contributed by atoms with Crippen molar-refractivity contribution in [2.24, 2.45) is 0 Å². The molecular weight excluding hydrogens is 438 g/mol. The SMILES string of the molecule is CN(c1ccncc1)c1ccc(C(=O)N2CCN(C(=O)NCc3ccccc3Cl)CC2)cc1. The Morgan fingerprint density at radius 2 is 1.52 bits per heavy atom. The van der Waals surface area contributed by atoms with Gasteiger partial charge in [0.25, 0.3) is 5.91 Å². The number of pyridine rings is 1. The maximum Gasteiger partial charge on any atom is 0.317 e. The molecule has 1 aromatic heterocycles. The largest absolute Gasteiger partial charge is 0.345 e. The number of nitrogens with one attached hydrogen (secondary N) is 1. The molecule has 1 saturated heterocycles. The fourth-order valence-corrected chi connectivity index (χ4v) is 3.97. The van der Waals surface area contributed by atoms with Crippen LogP contribution in [0.3, 0.4) is 0 Å². The number of aromatic nitrogens is 1. The Morgan fingerprint density at radius 1 is 0.909 bits per heavy atom. The van der Waals surface area contributed by atoms with Crippen LogP contribution in [0.15, 0.2) is 73.1 Å². The Morgan fingerprint density at radius 3 is 2.18 bits per heavy atom. The Kier molecular flexibility index (Phi) is 7.10. The van der Waals surface area contributed by atoms with Crippen molar-refractivity contribution >= 4 is 34.9 Å². The topological polar surface area (TPSA) is 68.8 Å². The average Bonchev–Trinajstić information content (AvgIpc) is 2.88. The molecule has 0 aliphatic carbocycles. The molecule has 3 amide bonds. The van der Waals surface area contributed by atoms with E-state index in [-0.39, 0.29) is 11.9 Å². The zero-order valence-corrected chi connectivity index (χ0v) is 19.2. The summed E-state index contributed by atoms with van der Waals surface area (Å²) in [6, 6.07) is 18.7. The molecule has 33 heavy (non-hydrogen) atoms. The molecule has 1 N–H and O–H groups in total. The molecule has 3 aromatic rings. The van der Waals surface area contributed by atoms with Crippen molar-refractivity contribution in [3.8, 4) is 0 Å². The second-order valence-electron chi connectivity index (χ2n) is 7.84. The first-order chi connectivity index (χ1) is 16.0. The van der Waals surface area contributed by atoms with E-state index in [2.05, 4.69) is 10.3 Å². The van der Waals surface area contributed by atoms with Crippen LogP contribution in [0.5, 0.6) is 0 Å². The highest BCUT2D eigenvalue weighted by Gasteiger charge is 2.25. The lowest BCUT2D eigenvalue weighted by Gasteiger charge is -2.34. The highest BCUT2D eigenvalue weighted by molar-refractivity contribution is 6.31. The van der Waals surface area contributed by atoms with E-state index in [9.17, 15) is 9.59 Å². The summed E-state index contributed by atoms with van der Waals surface area (Å²) in [5.74, 6) is -0.0239. The van der Waals surface area contributed by atoms with Crippen LogP contribution in [0.25, 0.3) is 0 Å². The molecule has 0 unspecified atom stereocenters. The van der Waals surface area contributed by atoms with Crippen molar-refractivity contribution in [2.45, 2.75) is 6.54 Å². The van der Waals surface area contributed by atoms with Crippen molar-refractivity contribution in [1.29, 1.82) is 0 Å². The Balaban J connectivity index is 1.29. The molecule has 0 spiro atoms. The number of hydrogen-bond acceptors (Lipinski definition) is 4. The number of piperazine rings is 1. The number of carbonyl (C=O) groups is 2. The number of urea groups is 1. The second-order valence-corrected chi connectivity index (χ2v) is 8.25. The summed E-state index contributed by atoms with van der Waals surface area (Å²) in [5.41, 5.74) is 3.52. The number of amides is 3. The first kappa shape index (κ1) is 22.6. The summed E-state index contributed by atoms with van der Waals surface area (Å²) >= 11 is 6.15. The molecular formula is C25H26ClN5O2. The van der Waals surface area contributed by atoms with Crippen molar-refractivity contribution in [2.75, 3.05) is 38.1 Å². The highest BCUT2D eigenvalue weighted by atomic mass is 35.5. The van der Waals surface area contributed by atoms with Crippen LogP contribution in [-0.2, 0) is 6.54 Å². The van der Waals surface area contributed by atoms with Gasteiger partial charge in [0.2, 0.25) is 0 Å². The van der Waals surface area contributed by atoms with Gasteiger partial charge in [0.05, 0.1) is 0 Å². The van der Waals surface area contributed by atoms with Crippen LogP contribution in [0.1, 0.15) is 15.9 Å². The van der Waals surface area contributed by atoms with Gasteiger partial charge in [0.1, 0.15) is 0 Å². The normalized spacial score (nSPS) is 13.5. The summed E-state index contributed by atoms with van der Waals surface area (Å²) in [4.78, 5) is 35.1. The number of nitrogens with zero attached hydrogens (tertiary/aromatic N) is 4. The van der Waals surface area contributed by atoms with Gasteiger partial charge in [-0.1, -0.05) is 29.8 Å². The van der Waals surface area contributed by atoms with Crippen LogP contribution >= 0.6 is 11.6 Å². The molecule has 4 rings (SSSR count). The second kappa shape index (κ2) is 10.4. The van der Waals surface area contributed by atoms with Gasteiger partial charge in [0, 0.05) is 74.1 Å². The molecule has 7 nitrogen and oxygen atoms in total. The van der Waals surface area contributed by atoms with Crippen LogP contribution in [0, 0.1) is 0 Å². The van der Waals surface area contributed by atoms with E-state index < -0.39 is 0 Å². The number of halogens is 1. The Hall–Kier alpha value is -3.58. The van der Waals surface area contributed by atoms with Gasteiger partial charge in [-0.2, -0.15) is 0 Å². The molecule has 1 aliphatic heterocycles. The molecule has 1 aliphatic rings. The lowest BCUT2D eigenvalue weighted by atomic mass is 10.1. The molecule has 2 heterocycles. The molecule has 2 aromatic carbocycles. The Labute approximate surface area is 198 Å². The van der Waals surface area contributed by atoms with Gasteiger partial charge in [-0.05, 0) is 48.0 Å². The molecule has 0 bridgehead atoms. The van der Waals surface area contributed by atoms with E-state index in [1.165, 1.54) is 0 Å². The molecule has 170 valence electrons. The fourth-order valence-electron chi connectivity index (χ4n) is 3.76. The predicted molar refractivity (Wildman–Crippen MR) is 130 cm³/mol. The van der Waals surface area contributed by atoms with Gasteiger partial charge < -0.3 is 20.0 Å². The smallest absolute Gasteiger partial charge is 0.317 e. The van der Waals surface area contributed by atoms with Crippen LogP contribution in [0.4, 0.5) is 16.2 Å². The third-order valence-corrected chi connectivity index (χ3v) is 6.16. The van der Waals surface area contributed by atoms with E-state index in [0.29, 0.717) is 43.3 Å². The van der Waals surface area contributed by atoms with E-state index in [1.807, 2.05) is 66.5 Å². The minimum atomic E-state index is -0.148. The van der Waals surface area contributed by atoms with Crippen LogP contribution in [-0.4, -0.2) is 59.9 Å². The third-order valence-electron chi connectivity index (χ3n) is 5.79. The standard InChI is InChI=1S/C25H26ClN5O2/c1-29(22-10-12-27-13-11-22)21-8-6-19(7-9-21)24(32)30-14-16-31(17-15-30)25(33)28-18-20-4-2-3-5-23(20)26/h2-13H,14-18H2,1H3,(H,28,33). The fraction of sp³-hybridized carbons (Fsp3) is 0.240. The molecule has 0 saturated carbocycles.